The number of carbonyl (C=O) groups excluding carboxylic acids is 1. The maximum Gasteiger partial charge on any atom is 0.318 e. The lowest BCUT2D eigenvalue weighted by Gasteiger charge is -2.04. The van der Waals surface area contributed by atoms with Crippen LogP contribution in [0, 0.1) is 0 Å². The van der Waals surface area contributed by atoms with Crippen molar-refractivity contribution in [3.8, 4) is 0 Å². The van der Waals surface area contributed by atoms with Crippen molar-refractivity contribution in [2.75, 3.05) is 12.4 Å². The van der Waals surface area contributed by atoms with Crippen LogP contribution in [0.1, 0.15) is 19.8 Å². The summed E-state index contributed by atoms with van der Waals surface area (Å²) in [7, 11) is -1.32. The van der Waals surface area contributed by atoms with Gasteiger partial charge in [-0.25, -0.2) is 0 Å². The lowest BCUT2D eigenvalue weighted by atomic mass is 10.4. The fourth-order valence-corrected chi connectivity index (χ4v) is 2.32. The highest BCUT2D eigenvalue weighted by molar-refractivity contribution is 9.10. The van der Waals surface area contributed by atoms with E-state index in [1.165, 1.54) is 0 Å². The molecule has 0 saturated heterocycles. The van der Waals surface area contributed by atoms with E-state index in [9.17, 15) is 9.00 Å². The van der Waals surface area contributed by atoms with Gasteiger partial charge >= 0.3 is 5.97 Å². The van der Waals surface area contributed by atoms with Crippen LogP contribution in [-0.2, 0) is 20.3 Å². The van der Waals surface area contributed by atoms with E-state index in [1.54, 1.807) is 24.3 Å². The summed E-state index contributed by atoms with van der Waals surface area (Å²) in [5.41, 5.74) is 0. The molecule has 0 aliphatic rings. The quantitative estimate of drug-likeness (QED) is 0.598. The number of rotatable bonds is 6. The highest BCUT2D eigenvalue weighted by Gasteiger charge is 2.10. The molecule has 17 heavy (non-hydrogen) atoms. The third kappa shape index (κ3) is 5.46. The third-order valence-electron chi connectivity index (χ3n) is 2.09. The monoisotopic (exact) mass is 318 g/mol. The molecule has 0 spiro atoms. The van der Waals surface area contributed by atoms with Gasteiger partial charge in [0.15, 0.2) is 0 Å². The van der Waals surface area contributed by atoms with Gasteiger partial charge in [0, 0.05) is 9.37 Å². The average molecular weight is 319 g/mol. The zero-order chi connectivity index (χ0) is 12.7. The number of hydrogen-bond donors (Lipinski definition) is 0. The minimum Gasteiger partial charge on any atom is -0.465 e. The Balaban J connectivity index is 2.43. The molecule has 0 aromatic heterocycles. The van der Waals surface area contributed by atoms with E-state index in [1.807, 2.05) is 6.92 Å². The molecule has 0 heterocycles. The summed E-state index contributed by atoms with van der Waals surface area (Å²) in [6.45, 7) is 2.43. The highest BCUT2D eigenvalue weighted by Crippen LogP contribution is 2.13. The van der Waals surface area contributed by atoms with Crippen molar-refractivity contribution in [2.45, 2.75) is 24.7 Å². The van der Waals surface area contributed by atoms with E-state index >= 15 is 0 Å². The van der Waals surface area contributed by atoms with E-state index in [0.29, 0.717) is 11.5 Å². The first kappa shape index (κ1) is 14.4. The molecule has 0 aliphatic carbocycles. The average Bonchev–Trinajstić information content (AvgIpc) is 2.30. The van der Waals surface area contributed by atoms with Crippen molar-refractivity contribution < 1.29 is 13.7 Å². The number of esters is 1. The van der Waals surface area contributed by atoms with Gasteiger partial charge in [-0.1, -0.05) is 29.3 Å². The SMILES string of the molecule is CCCCOC(=O)CS(=O)c1ccc(Br)cc1. The smallest absolute Gasteiger partial charge is 0.318 e. The lowest BCUT2D eigenvalue weighted by molar-refractivity contribution is -0.140. The summed E-state index contributed by atoms with van der Waals surface area (Å²) >= 11 is 3.30. The Labute approximate surface area is 112 Å². The molecule has 0 fully saturated rings. The number of carbonyl (C=O) groups is 1. The number of benzene rings is 1. The normalized spacial score (nSPS) is 12.1. The second-order valence-electron chi connectivity index (χ2n) is 3.52. The minimum atomic E-state index is -1.32. The standard InChI is InChI=1S/C12H15BrO3S/c1-2-3-8-16-12(14)9-17(15)11-6-4-10(13)5-7-11/h4-7H,2-3,8-9H2,1H3. The van der Waals surface area contributed by atoms with Crippen LogP contribution >= 0.6 is 15.9 Å². The van der Waals surface area contributed by atoms with Crippen molar-refractivity contribution in [1.82, 2.24) is 0 Å². The van der Waals surface area contributed by atoms with E-state index in [2.05, 4.69) is 15.9 Å². The molecule has 0 aliphatic heterocycles. The van der Waals surface area contributed by atoms with Crippen LogP contribution < -0.4 is 0 Å². The molecule has 0 amide bonds. The number of unbranched alkanes of at least 4 members (excludes halogenated alkanes) is 1. The maximum atomic E-state index is 11.8. The van der Waals surface area contributed by atoms with Gasteiger partial charge in [0.2, 0.25) is 0 Å². The van der Waals surface area contributed by atoms with Gasteiger partial charge in [0.05, 0.1) is 17.4 Å². The Morgan fingerprint density at radius 2 is 2.00 bits per heavy atom. The van der Waals surface area contributed by atoms with Gasteiger partial charge < -0.3 is 4.74 Å². The fraction of sp³-hybridized carbons (Fsp3) is 0.417. The number of hydrogen-bond acceptors (Lipinski definition) is 3. The van der Waals surface area contributed by atoms with Crippen molar-refractivity contribution in [1.29, 1.82) is 0 Å². The minimum absolute atomic E-state index is 0.0780. The van der Waals surface area contributed by atoms with Crippen LogP contribution in [-0.4, -0.2) is 22.5 Å². The molecule has 1 unspecified atom stereocenters. The second-order valence-corrected chi connectivity index (χ2v) is 5.88. The van der Waals surface area contributed by atoms with Gasteiger partial charge in [-0.2, -0.15) is 0 Å². The Morgan fingerprint density at radius 1 is 1.35 bits per heavy atom. The molecule has 5 heteroatoms. The molecular weight excluding hydrogens is 304 g/mol. The summed E-state index contributed by atoms with van der Waals surface area (Å²) < 4.78 is 17.7. The first-order chi connectivity index (χ1) is 8.13. The van der Waals surface area contributed by atoms with Crippen LogP contribution in [0.15, 0.2) is 33.6 Å². The van der Waals surface area contributed by atoms with Gasteiger partial charge in [-0.15, -0.1) is 0 Å². The van der Waals surface area contributed by atoms with Crippen molar-refractivity contribution in [3.05, 3.63) is 28.7 Å². The van der Waals surface area contributed by atoms with Gasteiger partial charge in [-0.3, -0.25) is 9.00 Å². The van der Waals surface area contributed by atoms with Crippen molar-refractivity contribution in [3.63, 3.8) is 0 Å². The fourth-order valence-electron chi connectivity index (χ4n) is 1.15. The molecule has 3 nitrogen and oxygen atoms in total. The summed E-state index contributed by atoms with van der Waals surface area (Å²) in [4.78, 5) is 12.0. The number of halogens is 1. The van der Waals surface area contributed by atoms with Crippen molar-refractivity contribution >= 4 is 32.7 Å². The highest BCUT2D eigenvalue weighted by atomic mass is 79.9. The summed E-state index contributed by atoms with van der Waals surface area (Å²) in [5.74, 6) is -0.481. The van der Waals surface area contributed by atoms with Crippen LogP contribution in [0.3, 0.4) is 0 Å². The zero-order valence-corrected chi connectivity index (χ0v) is 12.1. The molecule has 1 atom stereocenters. The zero-order valence-electron chi connectivity index (χ0n) is 9.65. The topological polar surface area (TPSA) is 43.4 Å². The lowest BCUT2D eigenvalue weighted by Crippen LogP contribution is -2.14. The van der Waals surface area contributed by atoms with Crippen LogP contribution in [0.2, 0.25) is 0 Å². The van der Waals surface area contributed by atoms with Gasteiger partial charge in [0.25, 0.3) is 0 Å². The third-order valence-corrected chi connectivity index (χ3v) is 3.91. The second kappa shape index (κ2) is 7.61. The summed E-state index contributed by atoms with van der Waals surface area (Å²) in [6.07, 6.45) is 1.82. The summed E-state index contributed by atoms with van der Waals surface area (Å²) in [5, 5.41) is 0. The molecule has 1 aromatic carbocycles. The summed E-state index contributed by atoms with van der Waals surface area (Å²) in [6, 6.07) is 7.07. The van der Waals surface area contributed by atoms with Gasteiger partial charge in [0.1, 0.15) is 5.75 Å². The molecule has 1 aromatic rings. The Morgan fingerprint density at radius 3 is 2.59 bits per heavy atom. The van der Waals surface area contributed by atoms with Gasteiger partial charge in [-0.05, 0) is 30.7 Å². The van der Waals surface area contributed by atoms with E-state index in [4.69, 9.17) is 4.74 Å². The molecule has 0 N–H and O–H groups in total. The molecule has 0 bridgehead atoms. The largest absolute Gasteiger partial charge is 0.465 e. The predicted molar refractivity (Wildman–Crippen MR) is 71.3 cm³/mol. The Kier molecular flexibility index (Phi) is 6.44. The van der Waals surface area contributed by atoms with Crippen LogP contribution in [0.25, 0.3) is 0 Å². The van der Waals surface area contributed by atoms with Crippen LogP contribution in [0.4, 0.5) is 0 Å². The van der Waals surface area contributed by atoms with E-state index < -0.39 is 16.8 Å². The van der Waals surface area contributed by atoms with Crippen molar-refractivity contribution in [2.24, 2.45) is 0 Å². The molecular formula is C12H15BrO3S. The molecule has 0 saturated carbocycles. The predicted octanol–water partition coefficient (Wildman–Crippen LogP) is 2.90. The number of ether oxygens (including phenoxy) is 1. The Hall–Kier alpha value is -0.680. The maximum absolute atomic E-state index is 11.8. The Bertz CT molecular complexity index is 389. The molecule has 94 valence electrons. The molecule has 0 radical (unpaired) electrons. The molecule has 1 rings (SSSR count). The van der Waals surface area contributed by atoms with Crippen LogP contribution in [0.5, 0.6) is 0 Å². The first-order valence-electron chi connectivity index (χ1n) is 5.43. The van der Waals surface area contributed by atoms with E-state index in [-0.39, 0.29) is 5.75 Å². The first-order valence-corrected chi connectivity index (χ1v) is 7.54. The van der Waals surface area contributed by atoms with E-state index in [0.717, 1.165) is 17.3 Å².